The summed E-state index contributed by atoms with van der Waals surface area (Å²) in [6.45, 7) is 4.22. The average molecular weight is 273 g/mol. The first kappa shape index (κ1) is 14.3. The molecule has 0 fully saturated rings. The van der Waals surface area contributed by atoms with Crippen molar-refractivity contribution >= 4 is 11.7 Å². The van der Waals surface area contributed by atoms with Gasteiger partial charge in [0.2, 0.25) is 0 Å². The molecule has 0 amide bonds. The Labute approximate surface area is 119 Å². The molecule has 4 heteroatoms. The van der Waals surface area contributed by atoms with Gasteiger partial charge in [0.1, 0.15) is 0 Å². The van der Waals surface area contributed by atoms with Gasteiger partial charge in [-0.3, -0.25) is 0 Å². The highest BCUT2D eigenvalue weighted by atomic mass is 16.6. The molecule has 1 aliphatic rings. The highest BCUT2D eigenvalue weighted by molar-refractivity contribution is 6.05. The lowest BCUT2D eigenvalue weighted by molar-refractivity contribution is -0.137. The fourth-order valence-electron chi connectivity index (χ4n) is 2.14. The molecule has 1 heterocycles. The third kappa shape index (κ3) is 3.26. The van der Waals surface area contributed by atoms with Crippen LogP contribution in [0.1, 0.15) is 38.4 Å². The van der Waals surface area contributed by atoms with Crippen LogP contribution >= 0.6 is 0 Å². The van der Waals surface area contributed by atoms with E-state index in [1.54, 1.807) is 6.92 Å². The Kier molecular flexibility index (Phi) is 4.93. The highest BCUT2D eigenvalue weighted by Crippen LogP contribution is 2.33. The molecule has 106 valence electrons. The molecule has 0 aliphatic carbocycles. The van der Waals surface area contributed by atoms with Gasteiger partial charge in [-0.1, -0.05) is 48.8 Å². The quantitative estimate of drug-likeness (QED) is 0.610. The second kappa shape index (κ2) is 6.89. The fraction of sp³-hybridized carbons (Fsp3) is 0.375. The van der Waals surface area contributed by atoms with Gasteiger partial charge >= 0.3 is 5.97 Å². The van der Waals surface area contributed by atoms with Gasteiger partial charge in [0.25, 0.3) is 0 Å². The van der Waals surface area contributed by atoms with Crippen LogP contribution in [0, 0.1) is 0 Å². The maximum atomic E-state index is 11.7. The molecule has 0 saturated heterocycles. The Bertz CT molecular complexity index is 520. The van der Waals surface area contributed by atoms with Gasteiger partial charge in [0.05, 0.1) is 12.3 Å². The van der Waals surface area contributed by atoms with Crippen LogP contribution in [0.25, 0.3) is 0 Å². The number of rotatable bonds is 5. The van der Waals surface area contributed by atoms with Crippen molar-refractivity contribution in [3.63, 3.8) is 0 Å². The van der Waals surface area contributed by atoms with Crippen LogP contribution in [0.4, 0.5) is 0 Å². The number of carbonyl (C=O) groups is 1. The molecule has 1 atom stereocenters. The first-order valence-corrected chi connectivity index (χ1v) is 6.92. The predicted molar refractivity (Wildman–Crippen MR) is 77.3 cm³/mol. The van der Waals surface area contributed by atoms with Gasteiger partial charge in [-0.2, -0.15) is 0 Å². The molecule has 2 rings (SSSR count). The smallest absolute Gasteiger partial charge is 0.331 e. The number of benzene rings is 1. The molecule has 0 radical (unpaired) electrons. The van der Waals surface area contributed by atoms with Crippen LogP contribution in [0.3, 0.4) is 0 Å². The van der Waals surface area contributed by atoms with Gasteiger partial charge < -0.3 is 9.57 Å². The minimum absolute atomic E-state index is 0.317. The van der Waals surface area contributed by atoms with Gasteiger partial charge in [-0.05, 0) is 18.9 Å². The Hall–Kier alpha value is -2.10. The molecular formula is C16H19NO3. The summed E-state index contributed by atoms with van der Waals surface area (Å²) in [4.78, 5) is 17.2. The van der Waals surface area contributed by atoms with Crippen molar-refractivity contribution in [1.29, 1.82) is 0 Å². The van der Waals surface area contributed by atoms with E-state index in [9.17, 15) is 4.79 Å². The van der Waals surface area contributed by atoms with Crippen molar-refractivity contribution in [3.05, 3.63) is 47.5 Å². The summed E-state index contributed by atoms with van der Waals surface area (Å²) in [5, 5.41) is 4.12. The van der Waals surface area contributed by atoms with E-state index in [0.29, 0.717) is 6.61 Å². The number of hydrogen-bond donors (Lipinski definition) is 0. The van der Waals surface area contributed by atoms with E-state index in [1.165, 1.54) is 6.08 Å². The third-order valence-corrected chi connectivity index (χ3v) is 3.03. The minimum atomic E-state index is -0.349. The number of carbonyl (C=O) groups excluding carboxylic acids is 1. The lowest BCUT2D eigenvalue weighted by atomic mass is 9.96. The van der Waals surface area contributed by atoms with E-state index in [4.69, 9.17) is 9.57 Å². The topological polar surface area (TPSA) is 47.9 Å². The Morgan fingerprint density at radius 1 is 1.35 bits per heavy atom. The van der Waals surface area contributed by atoms with Crippen LogP contribution in [-0.2, 0) is 14.4 Å². The fourth-order valence-corrected chi connectivity index (χ4v) is 2.14. The number of esters is 1. The van der Waals surface area contributed by atoms with Crippen LogP contribution in [0.2, 0.25) is 0 Å². The number of oxime groups is 1. The number of nitrogens with zero attached hydrogens (tertiary/aromatic N) is 1. The third-order valence-electron chi connectivity index (χ3n) is 3.03. The molecular weight excluding hydrogens is 254 g/mol. The van der Waals surface area contributed by atoms with Crippen molar-refractivity contribution in [2.75, 3.05) is 6.61 Å². The molecule has 1 aliphatic heterocycles. The van der Waals surface area contributed by atoms with Gasteiger partial charge in [-0.15, -0.1) is 0 Å². The molecule has 1 aromatic rings. The van der Waals surface area contributed by atoms with Crippen LogP contribution in [-0.4, -0.2) is 18.3 Å². The van der Waals surface area contributed by atoms with Gasteiger partial charge in [-0.25, -0.2) is 4.79 Å². The van der Waals surface area contributed by atoms with Crippen LogP contribution in [0.15, 0.2) is 47.1 Å². The van der Waals surface area contributed by atoms with E-state index in [0.717, 1.165) is 29.7 Å². The molecule has 1 unspecified atom stereocenters. The van der Waals surface area contributed by atoms with Crippen molar-refractivity contribution in [2.24, 2.45) is 5.16 Å². The molecule has 1 aromatic carbocycles. The summed E-state index contributed by atoms with van der Waals surface area (Å²) >= 11 is 0. The maximum absolute atomic E-state index is 11.7. The van der Waals surface area contributed by atoms with Crippen molar-refractivity contribution in [3.8, 4) is 0 Å². The van der Waals surface area contributed by atoms with E-state index in [2.05, 4.69) is 12.1 Å². The first-order chi connectivity index (χ1) is 9.76. The van der Waals surface area contributed by atoms with E-state index < -0.39 is 0 Å². The molecule has 4 nitrogen and oxygen atoms in total. The lowest BCUT2D eigenvalue weighted by Gasteiger charge is -2.11. The largest absolute Gasteiger partial charge is 0.463 e. The Balaban J connectivity index is 2.27. The molecule has 0 N–H and O–H groups in total. The Morgan fingerprint density at radius 3 is 2.75 bits per heavy atom. The molecule has 0 bridgehead atoms. The summed E-state index contributed by atoms with van der Waals surface area (Å²) < 4.78 is 4.99. The molecule has 0 spiro atoms. The van der Waals surface area contributed by atoms with Gasteiger partial charge in [0, 0.05) is 11.6 Å². The first-order valence-electron chi connectivity index (χ1n) is 6.92. The lowest BCUT2D eigenvalue weighted by Crippen LogP contribution is -2.10. The van der Waals surface area contributed by atoms with E-state index >= 15 is 0 Å². The van der Waals surface area contributed by atoms with Crippen molar-refractivity contribution < 1.29 is 14.4 Å². The van der Waals surface area contributed by atoms with Gasteiger partial charge in [0.15, 0.2) is 6.10 Å². The standard InChI is InChI=1S/C16H19NO3/c1-3-8-14-13(11-15(18)19-4-2)16(20-17-14)12-9-6-5-7-10-12/h5-7,9-11,16H,3-4,8H2,1-2H3/b13-11-. The van der Waals surface area contributed by atoms with Crippen molar-refractivity contribution in [1.82, 2.24) is 0 Å². The summed E-state index contributed by atoms with van der Waals surface area (Å²) in [6, 6.07) is 9.76. The predicted octanol–water partition coefficient (Wildman–Crippen LogP) is 3.40. The van der Waals surface area contributed by atoms with Crippen molar-refractivity contribution in [2.45, 2.75) is 32.8 Å². The summed E-state index contributed by atoms with van der Waals surface area (Å²) in [7, 11) is 0. The number of hydrogen-bond acceptors (Lipinski definition) is 4. The molecule has 0 aromatic heterocycles. The Morgan fingerprint density at radius 2 is 2.10 bits per heavy atom. The summed E-state index contributed by atoms with van der Waals surface area (Å²) in [6.07, 6.45) is 2.92. The zero-order valence-electron chi connectivity index (χ0n) is 11.8. The molecule has 0 saturated carbocycles. The second-order valence-electron chi connectivity index (χ2n) is 4.54. The molecule has 20 heavy (non-hydrogen) atoms. The average Bonchev–Trinajstić information content (AvgIpc) is 2.83. The summed E-state index contributed by atoms with van der Waals surface area (Å²) in [5.41, 5.74) is 2.61. The minimum Gasteiger partial charge on any atom is -0.463 e. The summed E-state index contributed by atoms with van der Waals surface area (Å²) in [5.74, 6) is -0.349. The van der Waals surface area contributed by atoms with E-state index in [1.807, 2.05) is 30.3 Å². The normalized spacial score (nSPS) is 19.6. The van der Waals surface area contributed by atoms with Crippen LogP contribution < -0.4 is 0 Å². The second-order valence-corrected chi connectivity index (χ2v) is 4.54. The zero-order valence-corrected chi connectivity index (χ0v) is 11.8. The maximum Gasteiger partial charge on any atom is 0.331 e. The monoisotopic (exact) mass is 273 g/mol. The van der Waals surface area contributed by atoms with Crippen LogP contribution in [0.5, 0.6) is 0 Å². The highest BCUT2D eigenvalue weighted by Gasteiger charge is 2.29. The van der Waals surface area contributed by atoms with E-state index in [-0.39, 0.29) is 12.1 Å². The number of ether oxygens (including phenoxy) is 1. The zero-order chi connectivity index (χ0) is 14.4. The SMILES string of the molecule is CCCC1=NOC(c2ccccc2)/C1=C\C(=O)OCC.